The van der Waals surface area contributed by atoms with Crippen LogP contribution in [-0.2, 0) is 11.2 Å². The molecule has 0 saturated heterocycles. The third-order valence-electron chi connectivity index (χ3n) is 2.64. The molecule has 0 aromatic heterocycles. The van der Waals surface area contributed by atoms with Gasteiger partial charge in [0.2, 0.25) is 5.91 Å². The van der Waals surface area contributed by atoms with Crippen molar-refractivity contribution in [1.82, 2.24) is 5.32 Å². The molecule has 100 valence electrons. The number of unbranched alkanes of at least 4 members (excludes halogenated alkanes) is 3. The predicted molar refractivity (Wildman–Crippen MR) is 80.5 cm³/mol. The molecule has 2 nitrogen and oxygen atoms in total. The highest BCUT2D eigenvalue weighted by molar-refractivity contribution is 14.1. The highest BCUT2D eigenvalue weighted by Gasteiger charge is 2.03. The molecule has 0 spiro atoms. The lowest BCUT2D eigenvalue weighted by molar-refractivity contribution is -0.120. The van der Waals surface area contributed by atoms with Gasteiger partial charge < -0.3 is 5.32 Å². The second-order valence-corrected chi connectivity index (χ2v) is 5.34. The summed E-state index contributed by atoms with van der Waals surface area (Å²) in [6.07, 6.45) is 4.90. The van der Waals surface area contributed by atoms with Gasteiger partial charge >= 0.3 is 0 Å². The summed E-state index contributed by atoms with van der Waals surface area (Å²) in [5.74, 6) is -0.325. The molecule has 0 unspecified atom stereocenters. The summed E-state index contributed by atoms with van der Waals surface area (Å²) < 4.78 is 14.1. The monoisotopic (exact) mass is 363 g/mol. The van der Waals surface area contributed by atoms with Crippen LogP contribution < -0.4 is 5.32 Å². The summed E-state index contributed by atoms with van der Waals surface area (Å²) in [7, 11) is 0. The van der Waals surface area contributed by atoms with Crippen LogP contribution in [0.1, 0.15) is 31.2 Å². The maximum absolute atomic E-state index is 12.9. The van der Waals surface area contributed by atoms with Crippen molar-refractivity contribution in [1.29, 1.82) is 0 Å². The number of rotatable bonds is 8. The highest BCUT2D eigenvalue weighted by atomic mass is 127. The predicted octanol–water partition coefficient (Wildman–Crippen LogP) is 3.48. The molecule has 0 atom stereocenters. The smallest absolute Gasteiger partial charge is 0.224 e. The summed E-state index contributed by atoms with van der Waals surface area (Å²) in [6.45, 7) is 0.718. The number of benzene rings is 1. The number of carbonyl (C=O) groups is 1. The Morgan fingerprint density at radius 1 is 1.22 bits per heavy atom. The molecule has 4 heteroatoms. The van der Waals surface area contributed by atoms with Crippen molar-refractivity contribution in [2.75, 3.05) is 11.0 Å². The molecule has 1 aromatic carbocycles. The van der Waals surface area contributed by atoms with Crippen LogP contribution in [0.3, 0.4) is 0 Å². The molecule has 0 bridgehead atoms. The SMILES string of the molecule is O=C(Cc1cccc(F)c1)NCCCCCCI. The van der Waals surface area contributed by atoms with Crippen LogP contribution in [0.15, 0.2) is 24.3 Å². The fourth-order valence-electron chi connectivity index (χ4n) is 1.70. The Morgan fingerprint density at radius 3 is 2.72 bits per heavy atom. The third-order valence-corrected chi connectivity index (χ3v) is 3.40. The van der Waals surface area contributed by atoms with Crippen LogP contribution in [0.2, 0.25) is 0 Å². The van der Waals surface area contributed by atoms with E-state index in [-0.39, 0.29) is 18.1 Å². The fraction of sp³-hybridized carbons (Fsp3) is 0.500. The van der Waals surface area contributed by atoms with Gasteiger partial charge in [-0.15, -0.1) is 0 Å². The molecule has 0 fully saturated rings. The van der Waals surface area contributed by atoms with E-state index in [0.29, 0.717) is 0 Å². The van der Waals surface area contributed by atoms with Gasteiger partial charge in [0.25, 0.3) is 0 Å². The quantitative estimate of drug-likeness (QED) is 0.428. The first kappa shape index (κ1) is 15.4. The van der Waals surface area contributed by atoms with E-state index < -0.39 is 0 Å². The maximum atomic E-state index is 12.9. The first-order valence-electron chi connectivity index (χ1n) is 6.29. The van der Waals surface area contributed by atoms with Gasteiger partial charge in [-0.3, -0.25) is 4.79 Å². The molecule has 0 aliphatic rings. The van der Waals surface area contributed by atoms with Gasteiger partial charge in [-0.05, 0) is 35.0 Å². The van der Waals surface area contributed by atoms with Crippen molar-refractivity contribution in [3.05, 3.63) is 35.6 Å². The van der Waals surface area contributed by atoms with Gasteiger partial charge in [0.05, 0.1) is 6.42 Å². The molecular weight excluding hydrogens is 344 g/mol. The minimum Gasteiger partial charge on any atom is -0.356 e. The zero-order chi connectivity index (χ0) is 13.2. The first-order chi connectivity index (χ1) is 8.72. The van der Waals surface area contributed by atoms with E-state index in [1.54, 1.807) is 12.1 Å². The molecule has 0 radical (unpaired) electrons. The zero-order valence-electron chi connectivity index (χ0n) is 10.4. The molecule has 0 aliphatic carbocycles. The first-order valence-corrected chi connectivity index (χ1v) is 7.82. The lowest BCUT2D eigenvalue weighted by atomic mass is 10.1. The number of halogens is 2. The molecule has 0 saturated carbocycles. The average molecular weight is 363 g/mol. The Labute approximate surface area is 121 Å². The third kappa shape index (κ3) is 6.93. The number of hydrogen-bond donors (Lipinski definition) is 1. The van der Waals surface area contributed by atoms with Crippen molar-refractivity contribution in [2.24, 2.45) is 0 Å². The second-order valence-electron chi connectivity index (χ2n) is 4.26. The average Bonchev–Trinajstić information content (AvgIpc) is 2.33. The molecule has 18 heavy (non-hydrogen) atoms. The van der Waals surface area contributed by atoms with Crippen molar-refractivity contribution in [3.8, 4) is 0 Å². The minimum absolute atomic E-state index is 0.0329. The number of amides is 1. The molecule has 1 aromatic rings. The Balaban J connectivity index is 2.14. The maximum Gasteiger partial charge on any atom is 0.224 e. The van der Waals surface area contributed by atoms with Crippen LogP contribution in [0.25, 0.3) is 0 Å². The normalized spacial score (nSPS) is 10.3. The van der Waals surface area contributed by atoms with Crippen LogP contribution in [0.4, 0.5) is 4.39 Å². The fourth-order valence-corrected chi connectivity index (χ4v) is 2.24. The van der Waals surface area contributed by atoms with E-state index in [0.717, 1.165) is 24.9 Å². The van der Waals surface area contributed by atoms with Gasteiger partial charge in [-0.2, -0.15) is 0 Å². The molecule has 0 heterocycles. The topological polar surface area (TPSA) is 29.1 Å². The van der Waals surface area contributed by atoms with Gasteiger partial charge in [-0.25, -0.2) is 4.39 Å². The lowest BCUT2D eigenvalue weighted by Crippen LogP contribution is -2.26. The number of nitrogens with one attached hydrogen (secondary N) is 1. The lowest BCUT2D eigenvalue weighted by Gasteiger charge is -2.05. The Hall–Kier alpha value is -0.650. The Bertz CT molecular complexity index is 371. The summed E-state index contributed by atoms with van der Waals surface area (Å²) in [6, 6.07) is 6.18. The van der Waals surface area contributed by atoms with E-state index in [2.05, 4.69) is 27.9 Å². The minimum atomic E-state index is -0.293. The zero-order valence-corrected chi connectivity index (χ0v) is 12.6. The Kier molecular flexibility index (Phi) is 7.96. The van der Waals surface area contributed by atoms with Crippen LogP contribution in [0.5, 0.6) is 0 Å². The molecular formula is C14H19FINO. The summed E-state index contributed by atoms with van der Waals surface area (Å²) in [4.78, 5) is 11.6. The van der Waals surface area contributed by atoms with E-state index >= 15 is 0 Å². The molecule has 0 aliphatic heterocycles. The van der Waals surface area contributed by atoms with E-state index in [4.69, 9.17) is 0 Å². The van der Waals surface area contributed by atoms with E-state index in [1.807, 2.05) is 0 Å². The summed E-state index contributed by atoms with van der Waals surface area (Å²) in [5, 5.41) is 2.86. The van der Waals surface area contributed by atoms with Crippen LogP contribution in [-0.4, -0.2) is 16.9 Å². The number of carbonyl (C=O) groups excluding carboxylic acids is 1. The summed E-state index contributed by atoms with van der Waals surface area (Å²) in [5.41, 5.74) is 0.720. The second kappa shape index (κ2) is 9.30. The van der Waals surface area contributed by atoms with Gasteiger partial charge in [0.1, 0.15) is 5.82 Å². The van der Waals surface area contributed by atoms with Crippen molar-refractivity contribution in [2.45, 2.75) is 32.1 Å². The molecule has 1 amide bonds. The molecule has 1 N–H and O–H groups in total. The van der Waals surface area contributed by atoms with E-state index in [1.165, 1.54) is 29.4 Å². The van der Waals surface area contributed by atoms with Crippen LogP contribution >= 0.6 is 22.6 Å². The van der Waals surface area contributed by atoms with Gasteiger partial charge in [0.15, 0.2) is 0 Å². The highest BCUT2D eigenvalue weighted by Crippen LogP contribution is 2.04. The largest absolute Gasteiger partial charge is 0.356 e. The standard InChI is InChI=1S/C14H19FINO/c15-13-7-5-6-12(10-13)11-14(18)17-9-4-2-1-3-8-16/h5-7,10H,1-4,8-9,11H2,(H,17,18). The summed E-state index contributed by atoms with van der Waals surface area (Å²) >= 11 is 2.37. The Morgan fingerprint density at radius 2 is 2.00 bits per heavy atom. The van der Waals surface area contributed by atoms with Gasteiger partial charge in [-0.1, -0.05) is 47.6 Å². The van der Waals surface area contributed by atoms with E-state index in [9.17, 15) is 9.18 Å². The van der Waals surface area contributed by atoms with Crippen molar-refractivity contribution >= 4 is 28.5 Å². The van der Waals surface area contributed by atoms with Crippen molar-refractivity contribution < 1.29 is 9.18 Å². The van der Waals surface area contributed by atoms with Gasteiger partial charge in [0, 0.05) is 6.54 Å². The van der Waals surface area contributed by atoms with Crippen LogP contribution in [0, 0.1) is 5.82 Å². The molecule has 1 rings (SSSR count). The number of hydrogen-bond acceptors (Lipinski definition) is 1. The number of alkyl halides is 1. The van der Waals surface area contributed by atoms with Crippen molar-refractivity contribution in [3.63, 3.8) is 0 Å².